The van der Waals surface area contributed by atoms with Crippen LogP contribution in [0.2, 0.25) is 0 Å². The number of Topliss-reactive ketones (excluding diaryl/α,β-unsaturated/α-hetero) is 1. The molecule has 2 saturated carbocycles. The smallest absolute Gasteiger partial charge is 0.178 e. The lowest BCUT2D eigenvalue weighted by molar-refractivity contribution is -0.154. The third-order valence-electron chi connectivity index (χ3n) is 7.95. The number of fused-ring (bicyclic) bond motifs is 5. The van der Waals surface area contributed by atoms with E-state index in [1.54, 1.807) is 6.08 Å². The van der Waals surface area contributed by atoms with Gasteiger partial charge >= 0.3 is 0 Å². The second-order valence-electron chi connectivity index (χ2n) is 8.96. The summed E-state index contributed by atoms with van der Waals surface area (Å²) in [6, 6.07) is 0. The Balaban J connectivity index is 1.92. The second-order valence-corrected chi connectivity index (χ2v) is 10.1. The fraction of sp³-hybridized carbons (Fsp3) is 0.619. The predicted molar refractivity (Wildman–Crippen MR) is 102 cm³/mol. The van der Waals surface area contributed by atoms with Crippen LogP contribution in [-0.2, 0) is 9.59 Å². The molecule has 0 aromatic heterocycles. The van der Waals surface area contributed by atoms with Gasteiger partial charge in [-0.25, -0.2) is 4.39 Å². The van der Waals surface area contributed by atoms with Crippen LogP contribution in [0.3, 0.4) is 0 Å². The molecular formula is C21H23Cl2FO3. The van der Waals surface area contributed by atoms with E-state index in [-0.39, 0.29) is 23.1 Å². The van der Waals surface area contributed by atoms with Crippen LogP contribution in [0.5, 0.6) is 0 Å². The van der Waals surface area contributed by atoms with Crippen molar-refractivity contribution < 1.29 is 19.1 Å². The van der Waals surface area contributed by atoms with Gasteiger partial charge in [0.25, 0.3) is 0 Å². The van der Waals surface area contributed by atoms with Gasteiger partial charge in [0.2, 0.25) is 0 Å². The van der Waals surface area contributed by atoms with Crippen LogP contribution in [0, 0.1) is 22.7 Å². The summed E-state index contributed by atoms with van der Waals surface area (Å²) in [5.41, 5.74) is -2.95. The molecule has 0 saturated heterocycles. The largest absolute Gasteiger partial charge is 0.382 e. The summed E-state index contributed by atoms with van der Waals surface area (Å²) in [4.78, 5) is 23.1. The molecule has 4 aliphatic carbocycles. The zero-order valence-electron chi connectivity index (χ0n) is 15.6. The number of allylic oxidation sites excluding steroid dienone is 6. The number of carbonyl (C=O) groups is 2. The maximum Gasteiger partial charge on any atom is 0.178 e. The molecule has 27 heavy (non-hydrogen) atoms. The first-order valence-electron chi connectivity index (χ1n) is 9.31. The van der Waals surface area contributed by atoms with Crippen molar-refractivity contribution in [1.29, 1.82) is 0 Å². The van der Waals surface area contributed by atoms with Crippen LogP contribution >= 0.6 is 23.2 Å². The summed E-state index contributed by atoms with van der Waals surface area (Å²) in [6.07, 6.45) is 7.08. The van der Waals surface area contributed by atoms with Crippen molar-refractivity contribution in [1.82, 2.24) is 0 Å². The molecule has 3 nitrogen and oxygen atoms in total. The molecule has 6 heteroatoms. The highest BCUT2D eigenvalue weighted by atomic mass is 35.5. The van der Waals surface area contributed by atoms with Gasteiger partial charge in [0.05, 0.1) is 10.3 Å². The zero-order valence-corrected chi connectivity index (χ0v) is 17.1. The lowest BCUT2D eigenvalue weighted by Gasteiger charge is -2.62. The third kappa shape index (κ3) is 2.07. The summed E-state index contributed by atoms with van der Waals surface area (Å²) in [5.74, 6) is -1.68. The van der Waals surface area contributed by atoms with Crippen LogP contribution in [0.25, 0.3) is 0 Å². The van der Waals surface area contributed by atoms with E-state index in [2.05, 4.69) is 0 Å². The Hall–Kier alpha value is -0.970. The number of carbonyl (C=O) groups excluding carboxylic acids is 2. The van der Waals surface area contributed by atoms with E-state index in [0.717, 1.165) is 0 Å². The monoisotopic (exact) mass is 412 g/mol. The van der Waals surface area contributed by atoms with Crippen LogP contribution in [0.4, 0.5) is 4.39 Å². The van der Waals surface area contributed by atoms with Gasteiger partial charge in [0.1, 0.15) is 11.4 Å². The molecule has 7 atom stereocenters. The molecule has 0 amide bonds. The summed E-state index contributed by atoms with van der Waals surface area (Å²) in [6.45, 7) is 5.09. The summed E-state index contributed by atoms with van der Waals surface area (Å²) in [7, 11) is 0. The van der Waals surface area contributed by atoms with Crippen molar-refractivity contribution >= 4 is 34.8 Å². The Morgan fingerprint density at radius 3 is 2.67 bits per heavy atom. The number of aliphatic hydroxyl groups is 1. The van der Waals surface area contributed by atoms with Gasteiger partial charge in [-0.2, -0.15) is 0 Å². The Labute approximate surface area is 168 Å². The SMILES string of the molecule is CC(=O)[C@@]1(O)CC[C@H]2[C@@H]3C=C(F)C4=CC(=O)C=C[C@]4(C)[C@@]3(Cl)C(Cl)C[C@@]21C. The zero-order chi connectivity index (χ0) is 20.0. The maximum absolute atomic E-state index is 15.1. The fourth-order valence-electron chi connectivity index (χ4n) is 6.26. The van der Waals surface area contributed by atoms with Crippen LogP contribution in [0.15, 0.2) is 35.7 Å². The molecule has 4 rings (SSSR count). The number of hydrogen-bond donors (Lipinski definition) is 1. The lowest BCUT2D eigenvalue weighted by atomic mass is 9.48. The summed E-state index contributed by atoms with van der Waals surface area (Å²) < 4.78 is 15.1. The average Bonchev–Trinajstić information content (AvgIpc) is 2.85. The van der Waals surface area contributed by atoms with E-state index in [1.807, 2.05) is 13.8 Å². The highest BCUT2D eigenvalue weighted by Crippen LogP contribution is 2.70. The van der Waals surface area contributed by atoms with Crippen molar-refractivity contribution in [3.05, 3.63) is 35.7 Å². The van der Waals surface area contributed by atoms with Crippen LogP contribution < -0.4 is 0 Å². The topological polar surface area (TPSA) is 54.4 Å². The molecule has 0 aromatic carbocycles. The predicted octanol–water partition coefficient (Wildman–Crippen LogP) is 4.27. The number of alkyl halides is 2. The quantitative estimate of drug-likeness (QED) is 0.654. The van der Waals surface area contributed by atoms with E-state index < -0.39 is 38.4 Å². The molecule has 0 spiro atoms. The van der Waals surface area contributed by atoms with Crippen molar-refractivity contribution in [3.63, 3.8) is 0 Å². The van der Waals surface area contributed by atoms with Crippen molar-refractivity contribution in [2.75, 3.05) is 0 Å². The first kappa shape index (κ1) is 19.4. The highest BCUT2D eigenvalue weighted by Gasteiger charge is 2.72. The van der Waals surface area contributed by atoms with Gasteiger partial charge in [-0.3, -0.25) is 9.59 Å². The van der Waals surface area contributed by atoms with Crippen LogP contribution in [0.1, 0.15) is 40.0 Å². The van der Waals surface area contributed by atoms with Gasteiger partial charge in [0, 0.05) is 22.3 Å². The van der Waals surface area contributed by atoms with Gasteiger partial charge < -0.3 is 5.11 Å². The molecule has 4 aliphatic rings. The van der Waals surface area contributed by atoms with Crippen molar-refractivity contribution in [2.45, 2.75) is 55.9 Å². The van der Waals surface area contributed by atoms with E-state index >= 15 is 4.39 Å². The normalized spacial score (nSPS) is 51.1. The minimum Gasteiger partial charge on any atom is -0.382 e. The van der Waals surface area contributed by atoms with Crippen LogP contribution in [-0.4, -0.2) is 32.5 Å². The highest BCUT2D eigenvalue weighted by molar-refractivity contribution is 6.34. The number of rotatable bonds is 1. The first-order chi connectivity index (χ1) is 12.4. The molecule has 1 N–H and O–H groups in total. The number of ketones is 2. The second kappa shape index (κ2) is 5.55. The van der Waals surface area contributed by atoms with Gasteiger partial charge in [-0.05, 0) is 50.3 Å². The Morgan fingerprint density at radius 2 is 2.04 bits per heavy atom. The fourth-order valence-corrected chi connectivity index (χ4v) is 7.41. The molecule has 1 unspecified atom stereocenters. The molecule has 0 radical (unpaired) electrons. The Kier molecular flexibility index (Phi) is 3.98. The summed E-state index contributed by atoms with van der Waals surface area (Å²) >= 11 is 14.1. The van der Waals surface area contributed by atoms with E-state index in [9.17, 15) is 14.7 Å². The van der Waals surface area contributed by atoms with Gasteiger partial charge in [-0.15, -0.1) is 23.2 Å². The molecule has 0 bridgehead atoms. The molecule has 0 aliphatic heterocycles. The molecule has 0 heterocycles. The van der Waals surface area contributed by atoms with Gasteiger partial charge in [-0.1, -0.05) is 19.9 Å². The van der Waals surface area contributed by atoms with E-state index in [4.69, 9.17) is 23.2 Å². The minimum atomic E-state index is -1.48. The lowest BCUT2D eigenvalue weighted by Crippen LogP contribution is -2.66. The van der Waals surface area contributed by atoms with Gasteiger partial charge in [0.15, 0.2) is 11.6 Å². The molecular weight excluding hydrogens is 390 g/mol. The van der Waals surface area contributed by atoms with Crippen molar-refractivity contribution in [3.8, 4) is 0 Å². The number of halogens is 3. The average molecular weight is 413 g/mol. The first-order valence-corrected chi connectivity index (χ1v) is 10.1. The molecule has 146 valence electrons. The Bertz CT molecular complexity index is 848. The van der Waals surface area contributed by atoms with E-state index in [0.29, 0.717) is 19.3 Å². The number of hydrogen-bond acceptors (Lipinski definition) is 3. The Morgan fingerprint density at radius 1 is 1.37 bits per heavy atom. The summed E-state index contributed by atoms with van der Waals surface area (Å²) in [5, 5.41) is 10.6. The van der Waals surface area contributed by atoms with Crippen molar-refractivity contribution in [2.24, 2.45) is 22.7 Å². The third-order valence-corrected chi connectivity index (χ3v) is 9.46. The molecule has 0 aromatic rings. The minimum absolute atomic E-state index is 0.186. The standard InChI is InChI=1S/C21H23Cl2FO3/c1-11(25)20(27)7-5-13-14-9-16(24)15-8-12(26)4-6-18(15,2)21(14,23)17(22)10-19(13,20)3/h4,6,8-9,13-14,17,27H,5,7,10H2,1-3H3/t13-,14-,17?,18-,19-,20-,21-/m0/s1. The maximum atomic E-state index is 15.1. The molecule has 2 fully saturated rings. The van der Waals surface area contributed by atoms with E-state index in [1.165, 1.54) is 25.2 Å².